The Kier molecular flexibility index (Phi) is 4.47. The Balaban J connectivity index is 2.01. The summed E-state index contributed by atoms with van der Waals surface area (Å²) in [6.45, 7) is 5.44. The third-order valence-electron chi connectivity index (χ3n) is 3.15. The van der Waals surface area contributed by atoms with E-state index in [2.05, 4.69) is 46.1 Å². The van der Waals surface area contributed by atoms with Gasteiger partial charge in [0.2, 0.25) is 0 Å². The highest BCUT2D eigenvalue weighted by molar-refractivity contribution is 9.10. The van der Waals surface area contributed by atoms with Crippen LogP contribution in [0.15, 0.2) is 28.2 Å². The molecule has 112 valence electrons. The number of nitrogens with one attached hydrogen (secondary N) is 1. The fourth-order valence-electron chi connectivity index (χ4n) is 2.32. The smallest absolute Gasteiger partial charge is 0.175 e. The molecule has 1 aromatic heterocycles. The van der Waals surface area contributed by atoms with Crippen molar-refractivity contribution in [2.75, 3.05) is 13.2 Å². The summed E-state index contributed by atoms with van der Waals surface area (Å²) in [5, 5.41) is 6.61. The van der Waals surface area contributed by atoms with Crippen LogP contribution in [0.3, 0.4) is 0 Å². The molecule has 1 aliphatic rings. The van der Waals surface area contributed by atoms with Crippen molar-refractivity contribution in [3.05, 3.63) is 38.8 Å². The van der Waals surface area contributed by atoms with Crippen molar-refractivity contribution >= 4 is 27.3 Å². The number of thiazole rings is 1. The molecule has 1 atom stereocenters. The molecule has 6 heteroatoms. The zero-order valence-corrected chi connectivity index (χ0v) is 14.3. The van der Waals surface area contributed by atoms with Crippen LogP contribution in [-0.2, 0) is 0 Å². The molecule has 0 aliphatic carbocycles. The van der Waals surface area contributed by atoms with E-state index in [4.69, 9.17) is 9.47 Å². The molecule has 0 fully saturated rings. The molecule has 0 radical (unpaired) electrons. The second-order valence-corrected chi connectivity index (χ2v) is 6.93. The minimum atomic E-state index is 0.0529. The fourth-order valence-corrected chi connectivity index (χ4v) is 3.62. The third-order valence-corrected chi connectivity index (χ3v) is 4.58. The van der Waals surface area contributed by atoms with Gasteiger partial charge in [0.25, 0.3) is 0 Å². The Hall–Kier alpha value is -1.11. The van der Waals surface area contributed by atoms with Gasteiger partial charge in [-0.3, -0.25) is 0 Å². The highest BCUT2D eigenvalue weighted by Gasteiger charge is 2.23. The van der Waals surface area contributed by atoms with Gasteiger partial charge in [-0.15, -0.1) is 11.3 Å². The van der Waals surface area contributed by atoms with Gasteiger partial charge in [-0.1, -0.05) is 0 Å². The number of aromatic nitrogens is 1. The molecule has 1 aliphatic heterocycles. The maximum Gasteiger partial charge on any atom is 0.175 e. The van der Waals surface area contributed by atoms with Crippen LogP contribution in [0.25, 0.3) is 0 Å². The molecular formula is C15H17BrN2O2S. The average Bonchev–Trinajstić information content (AvgIpc) is 2.98. The van der Waals surface area contributed by atoms with E-state index >= 15 is 0 Å². The van der Waals surface area contributed by atoms with Crippen LogP contribution in [-0.4, -0.2) is 24.2 Å². The van der Waals surface area contributed by atoms with Crippen LogP contribution >= 0.6 is 27.3 Å². The lowest BCUT2D eigenvalue weighted by Gasteiger charge is -2.24. The molecule has 1 N–H and O–H groups in total. The van der Waals surface area contributed by atoms with Crippen LogP contribution in [0.5, 0.6) is 11.5 Å². The zero-order valence-electron chi connectivity index (χ0n) is 11.9. The van der Waals surface area contributed by atoms with Gasteiger partial charge in [-0.2, -0.15) is 0 Å². The zero-order chi connectivity index (χ0) is 14.8. The van der Waals surface area contributed by atoms with Gasteiger partial charge in [-0.25, -0.2) is 4.98 Å². The van der Waals surface area contributed by atoms with E-state index in [1.807, 2.05) is 17.6 Å². The van der Waals surface area contributed by atoms with Crippen molar-refractivity contribution in [3.8, 4) is 11.5 Å². The predicted octanol–water partition coefficient (Wildman–Crippen LogP) is 3.76. The maximum atomic E-state index is 5.72. The van der Waals surface area contributed by atoms with Gasteiger partial charge in [0.15, 0.2) is 11.5 Å². The molecule has 21 heavy (non-hydrogen) atoms. The first-order chi connectivity index (χ1) is 10.1. The molecule has 2 aromatic rings. The second kappa shape index (κ2) is 6.34. The molecule has 1 aromatic carbocycles. The molecule has 4 nitrogen and oxygen atoms in total. The number of halogens is 1. The standard InChI is InChI=1S/C15H17BrN2O2S/c1-9(2)18-13(15-17-3-6-21-15)10-7-11(16)14-12(8-10)19-4-5-20-14/h3,6-9,13,18H,4-5H2,1-2H3. The number of rotatable bonds is 4. The van der Waals surface area contributed by atoms with E-state index in [-0.39, 0.29) is 6.04 Å². The van der Waals surface area contributed by atoms with Crippen LogP contribution in [0.1, 0.15) is 30.5 Å². The van der Waals surface area contributed by atoms with Gasteiger partial charge < -0.3 is 14.8 Å². The summed E-state index contributed by atoms with van der Waals surface area (Å²) in [6.07, 6.45) is 1.84. The average molecular weight is 369 g/mol. The molecular weight excluding hydrogens is 352 g/mol. The first-order valence-electron chi connectivity index (χ1n) is 6.89. The van der Waals surface area contributed by atoms with Crippen molar-refractivity contribution in [1.29, 1.82) is 0 Å². The van der Waals surface area contributed by atoms with Crippen LogP contribution in [0, 0.1) is 0 Å². The summed E-state index contributed by atoms with van der Waals surface area (Å²) < 4.78 is 12.3. The first kappa shape index (κ1) is 14.8. The lowest BCUT2D eigenvalue weighted by Crippen LogP contribution is -2.29. The number of ether oxygens (including phenoxy) is 2. The summed E-state index contributed by atoms with van der Waals surface area (Å²) in [7, 11) is 0. The SMILES string of the molecule is CC(C)NC(c1cc(Br)c2c(c1)OCCO2)c1nccs1. The molecule has 0 saturated carbocycles. The summed E-state index contributed by atoms with van der Waals surface area (Å²) in [6, 6.07) is 4.53. The monoisotopic (exact) mass is 368 g/mol. The van der Waals surface area contributed by atoms with Crippen molar-refractivity contribution in [3.63, 3.8) is 0 Å². The van der Waals surface area contributed by atoms with E-state index in [9.17, 15) is 0 Å². The molecule has 3 rings (SSSR count). The Labute approximate surface area is 136 Å². The van der Waals surface area contributed by atoms with E-state index < -0.39 is 0 Å². The van der Waals surface area contributed by atoms with Crippen molar-refractivity contribution in [2.24, 2.45) is 0 Å². The summed E-state index contributed by atoms with van der Waals surface area (Å²) in [5.41, 5.74) is 1.12. The van der Waals surface area contributed by atoms with Crippen molar-refractivity contribution < 1.29 is 9.47 Å². The topological polar surface area (TPSA) is 43.4 Å². The highest BCUT2D eigenvalue weighted by Crippen LogP contribution is 2.41. The summed E-state index contributed by atoms with van der Waals surface area (Å²) >= 11 is 5.23. The lowest BCUT2D eigenvalue weighted by molar-refractivity contribution is 0.170. The normalized spacial score (nSPS) is 15.2. The molecule has 1 unspecified atom stereocenters. The maximum absolute atomic E-state index is 5.72. The second-order valence-electron chi connectivity index (χ2n) is 5.15. The number of hydrogen-bond donors (Lipinski definition) is 1. The number of fused-ring (bicyclic) bond motifs is 1. The van der Waals surface area contributed by atoms with Crippen LogP contribution < -0.4 is 14.8 Å². The molecule has 0 spiro atoms. The van der Waals surface area contributed by atoms with Crippen LogP contribution in [0.4, 0.5) is 0 Å². The summed E-state index contributed by atoms with van der Waals surface area (Å²) in [5.74, 6) is 1.57. The van der Waals surface area contributed by atoms with Crippen LogP contribution in [0.2, 0.25) is 0 Å². The summed E-state index contributed by atoms with van der Waals surface area (Å²) in [4.78, 5) is 4.46. The Morgan fingerprint density at radius 2 is 2.10 bits per heavy atom. The minimum Gasteiger partial charge on any atom is -0.486 e. The van der Waals surface area contributed by atoms with E-state index in [1.54, 1.807) is 11.3 Å². The third kappa shape index (κ3) is 3.22. The van der Waals surface area contributed by atoms with Gasteiger partial charge in [0.05, 0.1) is 10.5 Å². The predicted molar refractivity (Wildman–Crippen MR) is 87.4 cm³/mol. The molecule has 0 amide bonds. The van der Waals surface area contributed by atoms with Gasteiger partial charge >= 0.3 is 0 Å². The minimum absolute atomic E-state index is 0.0529. The molecule has 0 bridgehead atoms. The van der Waals surface area contributed by atoms with Gasteiger partial charge in [-0.05, 0) is 47.5 Å². The number of benzene rings is 1. The van der Waals surface area contributed by atoms with Crippen molar-refractivity contribution in [2.45, 2.75) is 25.9 Å². The van der Waals surface area contributed by atoms with E-state index in [1.165, 1.54) is 0 Å². The molecule has 2 heterocycles. The number of nitrogens with zero attached hydrogens (tertiary/aromatic N) is 1. The van der Waals surface area contributed by atoms with Gasteiger partial charge in [0, 0.05) is 17.6 Å². The highest BCUT2D eigenvalue weighted by atomic mass is 79.9. The Bertz CT molecular complexity index is 616. The number of hydrogen-bond acceptors (Lipinski definition) is 5. The fraction of sp³-hybridized carbons (Fsp3) is 0.400. The van der Waals surface area contributed by atoms with Gasteiger partial charge in [0.1, 0.15) is 18.2 Å². The largest absolute Gasteiger partial charge is 0.486 e. The Morgan fingerprint density at radius 3 is 2.81 bits per heavy atom. The van der Waals surface area contributed by atoms with Crippen molar-refractivity contribution in [1.82, 2.24) is 10.3 Å². The van der Waals surface area contributed by atoms with E-state index in [0.717, 1.165) is 26.5 Å². The first-order valence-corrected chi connectivity index (χ1v) is 8.57. The Morgan fingerprint density at radius 1 is 1.29 bits per heavy atom. The van der Waals surface area contributed by atoms with E-state index in [0.29, 0.717) is 19.3 Å². The quantitative estimate of drug-likeness (QED) is 0.891. The molecule has 0 saturated heterocycles. The lowest BCUT2D eigenvalue weighted by atomic mass is 10.1.